The fourth-order valence-corrected chi connectivity index (χ4v) is 2.28. The molecular formula is C13H16BrNO. The average Bonchev–Trinajstić information content (AvgIpc) is 2.33. The molecule has 1 heterocycles. The minimum Gasteiger partial charge on any atom is -0.497 e. The van der Waals surface area contributed by atoms with Crippen LogP contribution in [0, 0.1) is 0 Å². The van der Waals surface area contributed by atoms with Crippen molar-refractivity contribution in [2.24, 2.45) is 5.73 Å². The van der Waals surface area contributed by atoms with Crippen molar-refractivity contribution in [1.82, 2.24) is 0 Å². The van der Waals surface area contributed by atoms with Crippen LogP contribution in [0.15, 0.2) is 40.6 Å². The monoisotopic (exact) mass is 281 g/mol. The number of rotatable bonds is 3. The van der Waals surface area contributed by atoms with Crippen LogP contribution < -0.4 is 5.73 Å². The number of halogens is 1. The van der Waals surface area contributed by atoms with E-state index < -0.39 is 0 Å². The van der Waals surface area contributed by atoms with Crippen LogP contribution in [0.4, 0.5) is 0 Å². The summed E-state index contributed by atoms with van der Waals surface area (Å²) in [6.07, 6.45) is 5.11. The fraction of sp³-hybridized carbons (Fsp3) is 0.385. The van der Waals surface area contributed by atoms with Crippen LogP contribution in [0.1, 0.15) is 18.4 Å². The van der Waals surface area contributed by atoms with E-state index in [-0.39, 0.29) is 6.04 Å². The Kier molecular flexibility index (Phi) is 4.02. The summed E-state index contributed by atoms with van der Waals surface area (Å²) in [5, 5.41) is 0. The fourth-order valence-electron chi connectivity index (χ4n) is 1.84. The Morgan fingerprint density at radius 1 is 1.38 bits per heavy atom. The molecule has 0 spiro atoms. The Balaban J connectivity index is 2.04. The molecule has 1 aromatic carbocycles. The summed E-state index contributed by atoms with van der Waals surface area (Å²) >= 11 is 3.53. The van der Waals surface area contributed by atoms with Crippen LogP contribution in [0.25, 0.3) is 0 Å². The van der Waals surface area contributed by atoms with Crippen LogP contribution >= 0.6 is 15.9 Å². The number of nitrogens with two attached hydrogens (primary N) is 1. The number of benzene rings is 1. The number of ether oxygens (including phenoxy) is 1. The Morgan fingerprint density at radius 2 is 2.19 bits per heavy atom. The van der Waals surface area contributed by atoms with Gasteiger partial charge >= 0.3 is 0 Å². The highest BCUT2D eigenvalue weighted by molar-refractivity contribution is 9.10. The molecule has 3 heteroatoms. The Morgan fingerprint density at radius 3 is 2.88 bits per heavy atom. The first-order valence-electron chi connectivity index (χ1n) is 5.59. The van der Waals surface area contributed by atoms with E-state index >= 15 is 0 Å². The molecule has 1 aliphatic rings. The predicted octanol–water partition coefficient (Wildman–Crippen LogP) is 3.01. The lowest BCUT2D eigenvalue weighted by Crippen LogP contribution is -2.28. The molecule has 2 N–H and O–H groups in total. The molecule has 0 amide bonds. The Bertz CT molecular complexity index is 389. The van der Waals surface area contributed by atoms with E-state index in [1.807, 2.05) is 18.2 Å². The van der Waals surface area contributed by atoms with Gasteiger partial charge in [-0.25, -0.2) is 0 Å². The summed E-state index contributed by atoms with van der Waals surface area (Å²) in [7, 11) is 0. The van der Waals surface area contributed by atoms with Crippen LogP contribution in [0.2, 0.25) is 0 Å². The first-order valence-corrected chi connectivity index (χ1v) is 6.38. The maximum Gasteiger partial charge on any atom is 0.109 e. The Labute approximate surface area is 105 Å². The van der Waals surface area contributed by atoms with Crippen LogP contribution in [0.3, 0.4) is 0 Å². The largest absolute Gasteiger partial charge is 0.497 e. The van der Waals surface area contributed by atoms with Gasteiger partial charge in [0, 0.05) is 4.47 Å². The van der Waals surface area contributed by atoms with E-state index in [0.29, 0.717) is 0 Å². The maximum absolute atomic E-state index is 6.14. The molecule has 2 rings (SSSR count). The average molecular weight is 282 g/mol. The van der Waals surface area contributed by atoms with E-state index in [4.69, 9.17) is 10.5 Å². The third-order valence-electron chi connectivity index (χ3n) is 2.73. The molecule has 1 atom stereocenters. The maximum atomic E-state index is 6.14. The molecular weight excluding hydrogens is 266 g/mol. The topological polar surface area (TPSA) is 35.2 Å². The Hall–Kier alpha value is -0.800. The third kappa shape index (κ3) is 2.86. The van der Waals surface area contributed by atoms with Gasteiger partial charge < -0.3 is 10.5 Å². The van der Waals surface area contributed by atoms with Gasteiger partial charge in [-0.05, 0) is 37.0 Å². The van der Waals surface area contributed by atoms with E-state index in [0.717, 1.165) is 36.1 Å². The van der Waals surface area contributed by atoms with Crippen molar-refractivity contribution in [3.8, 4) is 0 Å². The van der Waals surface area contributed by atoms with Crippen molar-refractivity contribution < 1.29 is 4.74 Å². The summed E-state index contributed by atoms with van der Waals surface area (Å²) in [6, 6.07) is 8.14. The number of hydrogen-bond acceptors (Lipinski definition) is 2. The molecule has 2 nitrogen and oxygen atoms in total. The van der Waals surface area contributed by atoms with Crippen LogP contribution in [-0.2, 0) is 11.2 Å². The van der Waals surface area contributed by atoms with E-state index in [9.17, 15) is 0 Å². The molecule has 1 aromatic rings. The summed E-state index contributed by atoms with van der Waals surface area (Å²) < 4.78 is 6.69. The van der Waals surface area contributed by atoms with Gasteiger partial charge in [-0.15, -0.1) is 0 Å². The van der Waals surface area contributed by atoms with Crippen LogP contribution in [0.5, 0.6) is 0 Å². The molecule has 1 aliphatic heterocycles. The summed E-state index contributed by atoms with van der Waals surface area (Å²) in [4.78, 5) is 0. The molecule has 0 aliphatic carbocycles. The quantitative estimate of drug-likeness (QED) is 0.925. The van der Waals surface area contributed by atoms with Crippen molar-refractivity contribution in [2.75, 3.05) is 6.61 Å². The minimum absolute atomic E-state index is 0.0287. The first-order chi connectivity index (χ1) is 7.77. The van der Waals surface area contributed by atoms with Crippen LogP contribution in [-0.4, -0.2) is 12.6 Å². The molecule has 16 heavy (non-hydrogen) atoms. The van der Waals surface area contributed by atoms with Crippen molar-refractivity contribution >= 4 is 15.9 Å². The highest BCUT2D eigenvalue weighted by Crippen LogP contribution is 2.20. The lowest BCUT2D eigenvalue weighted by atomic mass is 10.0. The van der Waals surface area contributed by atoms with Gasteiger partial charge in [0.2, 0.25) is 0 Å². The van der Waals surface area contributed by atoms with Gasteiger partial charge in [-0.2, -0.15) is 0 Å². The highest BCUT2D eigenvalue weighted by Gasteiger charge is 2.15. The van der Waals surface area contributed by atoms with Crippen molar-refractivity contribution in [1.29, 1.82) is 0 Å². The molecule has 0 radical (unpaired) electrons. The second-order valence-electron chi connectivity index (χ2n) is 4.00. The minimum atomic E-state index is -0.0287. The zero-order valence-corrected chi connectivity index (χ0v) is 10.7. The van der Waals surface area contributed by atoms with Gasteiger partial charge in [0.25, 0.3) is 0 Å². The van der Waals surface area contributed by atoms with E-state index in [1.54, 1.807) is 0 Å². The lowest BCUT2D eigenvalue weighted by Gasteiger charge is -2.21. The smallest absolute Gasteiger partial charge is 0.109 e. The highest BCUT2D eigenvalue weighted by atomic mass is 79.9. The van der Waals surface area contributed by atoms with Gasteiger partial charge in [0.1, 0.15) is 5.76 Å². The summed E-state index contributed by atoms with van der Waals surface area (Å²) in [6.45, 7) is 0.801. The zero-order valence-electron chi connectivity index (χ0n) is 9.16. The zero-order chi connectivity index (χ0) is 11.4. The second-order valence-corrected chi connectivity index (χ2v) is 4.85. The summed E-state index contributed by atoms with van der Waals surface area (Å²) in [5.41, 5.74) is 7.36. The predicted molar refractivity (Wildman–Crippen MR) is 69.1 cm³/mol. The standard InChI is InChI=1S/C13H16BrNO/c14-11-6-2-1-5-10(11)9-12(15)13-7-3-4-8-16-13/h1-2,5-7,12H,3-4,8-9,15H2. The SMILES string of the molecule is NC(Cc1ccccc1Br)C1=CCCCO1. The van der Waals surface area contributed by atoms with Gasteiger partial charge in [-0.3, -0.25) is 0 Å². The normalized spacial score (nSPS) is 17.5. The summed E-state index contributed by atoms with van der Waals surface area (Å²) in [5.74, 6) is 0.946. The van der Waals surface area contributed by atoms with Gasteiger partial charge in [0.05, 0.1) is 12.6 Å². The first kappa shape index (κ1) is 11.7. The molecule has 0 fully saturated rings. The molecule has 86 valence electrons. The third-order valence-corrected chi connectivity index (χ3v) is 3.50. The van der Waals surface area contributed by atoms with E-state index in [2.05, 4.69) is 28.1 Å². The number of allylic oxidation sites excluding steroid dienone is 1. The van der Waals surface area contributed by atoms with Gasteiger partial charge in [-0.1, -0.05) is 34.1 Å². The molecule has 0 aromatic heterocycles. The molecule has 0 saturated carbocycles. The van der Waals surface area contributed by atoms with Crippen molar-refractivity contribution in [2.45, 2.75) is 25.3 Å². The lowest BCUT2D eigenvalue weighted by molar-refractivity contribution is 0.175. The van der Waals surface area contributed by atoms with Gasteiger partial charge in [0.15, 0.2) is 0 Å². The van der Waals surface area contributed by atoms with E-state index in [1.165, 1.54) is 5.56 Å². The second kappa shape index (κ2) is 5.51. The number of hydrogen-bond donors (Lipinski definition) is 1. The molecule has 0 bridgehead atoms. The molecule has 0 saturated heterocycles. The molecule has 1 unspecified atom stereocenters. The van der Waals surface area contributed by atoms with Crippen molar-refractivity contribution in [3.63, 3.8) is 0 Å². The van der Waals surface area contributed by atoms with Crippen molar-refractivity contribution in [3.05, 3.63) is 46.1 Å².